The Hall–Kier alpha value is -0.800. The van der Waals surface area contributed by atoms with E-state index in [4.69, 9.17) is 9.26 Å². The van der Waals surface area contributed by atoms with E-state index in [1.807, 2.05) is 0 Å². The molecule has 5 nitrogen and oxygen atoms in total. The maximum Gasteiger partial charge on any atom is 0.562 e. The minimum atomic E-state index is -2.29. The van der Waals surface area contributed by atoms with E-state index in [2.05, 4.69) is 0 Å². The first-order chi connectivity index (χ1) is 6.90. The molecule has 0 aliphatic heterocycles. The second-order valence-corrected chi connectivity index (χ2v) is 4.52. The van der Waals surface area contributed by atoms with Crippen molar-refractivity contribution >= 4 is 19.8 Å². The number of ether oxygens (including phenoxy) is 1. The van der Waals surface area contributed by atoms with Crippen LogP contribution in [-0.2, 0) is 23.4 Å². The van der Waals surface area contributed by atoms with E-state index in [-0.39, 0.29) is 18.3 Å². The Morgan fingerprint density at radius 1 is 1.33 bits per heavy atom. The Labute approximate surface area is 90.0 Å². The van der Waals surface area contributed by atoms with Gasteiger partial charge in [0.25, 0.3) is 0 Å². The largest absolute Gasteiger partial charge is 0.562 e. The Kier molecular flexibility index (Phi) is 6.29. The lowest BCUT2D eigenvalue weighted by atomic mass is 10.1. The van der Waals surface area contributed by atoms with Gasteiger partial charge in [-0.2, -0.15) is 0 Å². The highest BCUT2D eigenvalue weighted by molar-refractivity contribution is 7.41. The number of Topliss-reactive ketones (excluding diaryl/α,β-unsaturated/α-hetero) is 1. The van der Waals surface area contributed by atoms with Crippen molar-refractivity contribution in [3.63, 3.8) is 0 Å². The first-order valence-corrected chi connectivity index (χ1v) is 5.95. The summed E-state index contributed by atoms with van der Waals surface area (Å²) in [6.45, 7) is 6.31. The highest BCUT2D eigenvalue weighted by Gasteiger charge is 2.43. The third-order valence-electron chi connectivity index (χ3n) is 1.54. The average molecular weight is 235 g/mol. The zero-order valence-corrected chi connectivity index (χ0v) is 10.2. The van der Waals surface area contributed by atoms with Gasteiger partial charge in [0.05, 0.1) is 6.61 Å². The van der Waals surface area contributed by atoms with Gasteiger partial charge < -0.3 is 4.74 Å². The van der Waals surface area contributed by atoms with Crippen LogP contribution in [-0.4, -0.2) is 24.2 Å². The van der Waals surface area contributed by atoms with Crippen molar-refractivity contribution in [3.8, 4) is 0 Å². The van der Waals surface area contributed by atoms with E-state index in [1.54, 1.807) is 20.8 Å². The maximum atomic E-state index is 11.6. The number of carbonyl (C=O) groups is 2. The molecule has 0 heterocycles. The molecule has 0 N–H and O–H groups in total. The van der Waals surface area contributed by atoms with Crippen LogP contribution in [0, 0.1) is 5.92 Å². The predicted molar refractivity (Wildman–Crippen MR) is 54.6 cm³/mol. The van der Waals surface area contributed by atoms with Crippen LogP contribution in [0.5, 0.6) is 0 Å². The molecule has 6 heteroatoms. The minimum Gasteiger partial charge on any atom is -0.408 e. The topological polar surface area (TPSA) is 69.7 Å². The summed E-state index contributed by atoms with van der Waals surface area (Å²) >= 11 is 0. The molecule has 0 aromatic carbocycles. The Morgan fingerprint density at radius 3 is 2.20 bits per heavy atom. The van der Waals surface area contributed by atoms with Crippen LogP contribution < -0.4 is 0 Å². The van der Waals surface area contributed by atoms with Gasteiger partial charge in [0.2, 0.25) is 5.78 Å². The van der Waals surface area contributed by atoms with Gasteiger partial charge in [-0.25, -0.2) is 0 Å². The van der Waals surface area contributed by atoms with Gasteiger partial charge in [-0.3, -0.25) is 9.59 Å². The van der Waals surface area contributed by atoms with E-state index in [0.29, 0.717) is 0 Å². The van der Waals surface area contributed by atoms with Gasteiger partial charge in [-0.15, -0.1) is 4.52 Å². The van der Waals surface area contributed by atoms with E-state index >= 15 is 0 Å². The molecule has 0 saturated heterocycles. The number of hydrogen-bond acceptors (Lipinski definition) is 5. The number of esters is 1. The summed E-state index contributed by atoms with van der Waals surface area (Å²) in [4.78, 5) is 22.3. The Balaban J connectivity index is 4.64. The van der Waals surface area contributed by atoms with Crippen LogP contribution in [0.25, 0.3) is 0 Å². The van der Waals surface area contributed by atoms with E-state index in [1.165, 1.54) is 0 Å². The van der Waals surface area contributed by atoms with Crippen molar-refractivity contribution in [2.75, 3.05) is 6.61 Å². The summed E-state index contributed by atoms with van der Waals surface area (Å²) in [6, 6.07) is 0. The smallest absolute Gasteiger partial charge is 0.408 e. The highest BCUT2D eigenvalue weighted by Crippen LogP contribution is 2.32. The Bertz CT molecular complexity index is 261. The average Bonchev–Trinajstić information content (AvgIpc) is 2.13. The van der Waals surface area contributed by atoms with Crippen LogP contribution in [0.1, 0.15) is 27.7 Å². The van der Waals surface area contributed by atoms with E-state index in [0.717, 1.165) is 6.92 Å². The molecular weight excluding hydrogens is 219 g/mol. The molecule has 86 valence electrons. The first kappa shape index (κ1) is 14.2. The van der Waals surface area contributed by atoms with Crippen LogP contribution >= 0.6 is 8.03 Å². The van der Waals surface area contributed by atoms with Gasteiger partial charge in [0, 0.05) is 12.8 Å². The van der Waals surface area contributed by atoms with E-state index in [9.17, 15) is 14.2 Å². The van der Waals surface area contributed by atoms with Crippen molar-refractivity contribution in [3.05, 3.63) is 0 Å². The third-order valence-corrected chi connectivity index (χ3v) is 2.79. The van der Waals surface area contributed by atoms with E-state index < -0.39 is 19.8 Å². The third kappa shape index (κ3) is 5.00. The molecule has 0 aromatic rings. The molecule has 0 bridgehead atoms. The number of carbonyl (C=O) groups excluding carboxylic acids is 2. The zero-order chi connectivity index (χ0) is 12.0. The number of hydrogen-bond donors (Lipinski definition) is 0. The van der Waals surface area contributed by atoms with Gasteiger partial charge >= 0.3 is 19.8 Å². The lowest BCUT2D eigenvalue weighted by Gasteiger charge is -2.07. The molecule has 2 unspecified atom stereocenters. The summed E-state index contributed by atoms with van der Waals surface area (Å²) in [5.41, 5.74) is 0. The van der Waals surface area contributed by atoms with Gasteiger partial charge in [0.1, 0.15) is 0 Å². The molecule has 0 aromatic heterocycles. The van der Waals surface area contributed by atoms with Crippen LogP contribution in [0.2, 0.25) is 0 Å². The van der Waals surface area contributed by atoms with Gasteiger partial charge in [-0.1, -0.05) is 13.8 Å². The SMILES string of the molecule is CCO[P+](=O)C(OC(C)=O)C(=O)C(C)C. The summed E-state index contributed by atoms with van der Waals surface area (Å²) in [5.74, 6) is -2.66. The van der Waals surface area contributed by atoms with Crippen molar-refractivity contribution in [2.24, 2.45) is 5.92 Å². The fourth-order valence-corrected chi connectivity index (χ4v) is 1.97. The number of rotatable bonds is 6. The summed E-state index contributed by atoms with van der Waals surface area (Å²) in [6.07, 6.45) is 0. The summed E-state index contributed by atoms with van der Waals surface area (Å²) in [7, 11) is -2.29. The summed E-state index contributed by atoms with van der Waals surface area (Å²) < 4.78 is 20.9. The molecule has 0 amide bonds. The first-order valence-electron chi connectivity index (χ1n) is 4.70. The van der Waals surface area contributed by atoms with Crippen molar-refractivity contribution in [2.45, 2.75) is 33.5 Å². The fourth-order valence-electron chi connectivity index (χ4n) is 0.842. The molecule has 0 aliphatic rings. The van der Waals surface area contributed by atoms with Crippen LogP contribution in [0.4, 0.5) is 0 Å². The van der Waals surface area contributed by atoms with Gasteiger partial charge in [-0.05, 0) is 11.5 Å². The lowest BCUT2D eigenvalue weighted by molar-refractivity contribution is -0.149. The van der Waals surface area contributed by atoms with Crippen LogP contribution in [0.15, 0.2) is 0 Å². The Morgan fingerprint density at radius 2 is 1.87 bits per heavy atom. The molecule has 15 heavy (non-hydrogen) atoms. The standard InChI is InChI=1S/C9H16O5P/c1-5-13-15(12)9(14-7(4)10)8(11)6(2)3/h6,9H,5H2,1-4H3/q+1. The summed E-state index contributed by atoms with van der Waals surface area (Å²) in [5, 5.41) is 0. The molecule has 2 atom stereocenters. The highest BCUT2D eigenvalue weighted by atomic mass is 31.1. The van der Waals surface area contributed by atoms with Gasteiger partial charge in [0.15, 0.2) is 0 Å². The second kappa shape index (κ2) is 6.64. The number of ketones is 1. The lowest BCUT2D eigenvalue weighted by Crippen LogP contribution is -2.27. The quantitative estimate of drug-likeness (QED) is 0.519. The molecule has 0 saturated carbocycles. The molecule has 0 rings (SSSR count). The zero-order valence-electron chi connectivity index (χ0n) is 9.35. The predicted octanol–water partition coefficient (Wildman–Crippen LogP) is 1.88. The normalized spacial score (nSPS) is 13.5. The maximum absolute atomic E-state index is 11.6. The monoisotopic (exact) mass is 235 g/mol. The van der Waals surface area contributed by atoms with Crippen molar-refractivity contribution in [1.82, 2.24) is 0 Å². The molecule has 0 fully saturated rings. The molecule has 0 spiro atoms. The van der Waals surface area contributed by atoms with Crippen molar-refractivity contribution < 1.29 is 23.4 Å². The molecule has 0 aliphatic carbocycles. The van der Waals surface area contributed by atoms with Crippen molar-refractivity contribution in [1.29, 1.82) is 0 Å². The fraction of sp³-hybridized carbons (Fsp3) is 0.778. The van der Waals surface area contributed by atoms with Crippen LogP contribution in [0.3, 0.4) is 0 Å². The molecule has 0 radical (unpaired) electrons. The molecular formula is C9H16O5P+. The second-order valence-electron chi connectivity index (χ2n) is 3.22. The minimum absolute atomic E-state index is 0.207.